The Hall–Kier alpha value is -2.40. The number of nitro benzene ring substituents is 1. The van der Waals surface area contributed by atoms with Crippen LogP contribution >= 0.6 is 0 Å². The minimum absolute atomic E-state index is 0.184. The summed E-state index contributed by atoms with van der Waals surface area (Å²) < 4.78 is 35.6. The van der Waals surface area contributed by atoms with Gasteiger partial charge in [0.2, 0.25) is 0 Å². The van der Waals surface area contributed by atoms with Crippen LogP contribution in [0.3, 0.4) is 0 Å². The van der Waals surface area contributed by atoms with Crippen molar-refractivity contribution in [2.45, 2.75) is 5.16 Å². The smallest absolute Gasteiger partial charge is 0.258 e. The van der Waals surface area contributed by atoms with Crippen molar-refractivity contribution >= 4 is 15.7 Å². The number of benzene rings is 1. The third-order valence-electron chi connectivity index (χ3n) is 2.14. The van der Waals surface area contributed by atoms with E-state index in [1.54, 1.807) is 0 Å². The molecule has 0 saturated heterocycles. The predicted molar refractivity (Wildman–Crippen MR) is 59.8 cm³/mol. The second-order valence-electron chi connectivity index (χ2n) is 3.43. The summed E-state index contributed by atoms with van der Waals surface area (Å²) in [5.41, 5.74) is -0.625. The van der Waals surface area contributed by atoms with Gasteiger partial charge in [0.25, 0.3) is 20.9 Å². The fourth-order valence-electron chi connectivity index (χ4n) is 1.29. The van der Waals surface area contributed by atoms with Crippen LogP contribution in [0.2, 0.25) is 0 Å². The molecular formula is C8H6FN5O4S. The first-order valence-corrected chi connectivity index (χ1v) is 6.23. The summed E-state index contributed by atoms with van der Waals surface area (Å²) in [6.07, 6.45) is 0. The molecule has 0 saturated carbocycles. The molecule has 100 valence electrons. The topological polar surface area (TPSA) is 145 Å². The molecule has 1 aromatic carbocycles. The Kier molecular flexibility index (Phi) is 3.00. The number of aromatic amines is 1. The summed E-state index contributed by atoms with van der Waals surface area (Å²) in [7, 11) is -4.08. The molecule has 2 rings (SSSR count). The van der Waals surface area contributed by atoms with E-state index in [4.69, 9.17) is 5.14 Å². The van der Waals surface area contributed by atoms with Gasteiger partial charge in [-0.2, -0.15) is 10.1 Å². The molecule has 0 amide bonds. The van der Waals surface area contributed by atoms with Crippen molar-refractivity contribution in [2.24, 2.45) is 5.14 Å². The summed E-state index contributed by atoms with van der Waals surface area (Å²) in [5.74, 6) is -1.22. The third kappa shape index (κ3) is 2.56. The van der Waals surface area contributed by atoms with Gasteiger partial charge < -0.3 is 0 Å². The predicted octanol–water partition coefficient (Wildman–Crippen LogP) is 0.166. The highest BCUT2D eigenvalue weighted by atomic mass is 32.2. The maximum atomic E-state index is 13.6. The number of nitrogens with zero attached hydrogens (tertiary/aromatic N) is 3. The zero-order valence-corrected chi connectivity index (χ0v) is 9.89. The van der Waals surface area contributed by atoms with Crippen LogP contribution in [-0.2, 0) is 10.0 Å². The molecule has 2 aromatic rings. The van der Waals surface area contributed by atoms with E-state index in [0.29, 0.717) is 6.07 Å². The van der Waals surface area contributed by atoms with E-state index in [-0.39, 0.29) is 11.4 Å². The highest BCUT2D eigenvalue weighted by Gasteiger charge is 2.18. The molecule has 11 heteroatoms. The standard InChI is InChI=1S/C8H6FN5O4S/c9-6-3-4(14(15)16)1-2-5(6)7-11-8(13-12-7)19(10,17)18/h1-3H,(H2,10,17,18)(H,11,12,13). The minimum Gasteiger partial charge on any atom is -0.258 e. The lowest BCUT2D eigenvalue weighted by atomic mass is 10.2. The molecule has 0 radical (unpaired) electrons. The van der Waals surface area contributed by atoms with Crippen molar-refractivity contribution < 1.29 is 17.7 Å². The number of hydrogen-bond donors (Lipinski definition) is 2. The average molecular weight is 287 g/mol. The zero-order valence-electron chi connectivity index (χ0n) is 9.07. The Morgan fingerprint density at radius 1 is 1.42 bits per heavy atom. The van der Waals surface area contributed by atoms with Crippen LogP contribution in [-0.4, -0.2) is 28.5 Å². The van der Waals surface area contributed by atoms with Gasteiger partial charge in [0, 0.05) is 6.07 Å². The highest BCUT2D eigenvalue weighted by Crippen LogP contribution is 2.23. The SMILES string of the molecule is NS(=O)(=O)c1nc(-c2ccc([N+](=O)[O-])cc2F)n[nH]1. The first-order chi connectivity index (χ1) is 8.79. The van der Waals surface area contributed by atoms with E-state index < -0.39 is 31.6 Å². The molecule has 3 N–H and O–H groups in total. The lowest BCUT2D eigenvalue weighted by Crippen LogP contribution is -2.13. The summed E-state index contributed by atoms with van der Waals surface area (Å²) in [6, 6.07) is 2.80. The first-order valence-electron chi connectivity index (χ1n) is 4.68. The number of rotatable bonds is 3. The lowest BCUT2D eigenvalue weighted by Gasteiger charge is -1.97. The van der Waals surface area contributed by atoms with Crippen molar-refractivity contribution in [1.82, 2.24) is 15.2 Å². The van der Waals surface area contributed by atoms with E-state index >= 15 is 0 Å². The quantitative estimate of drug-likeness (QED) is 0.607. The molecule has 0 atom stereocenters. The van der Waals surface area contributed by atoms with E-state index in [0.717, 1.165) is 12.1 Å². The molecule has 0 aliphatic heterocycles. The Labute approximate surface area is 105 Å². The molecule has 0 aliphatic rings. The number of primary sulfonamides is 1. The Bertz CT molecular complexity index is 756. The van der Waals surface area contributed by atoms with Gasteiger partial charge in [-0.25, -0.2) is 23.0 Å². The molecule has 0 aliphatic carbocycles. The molecule has 0 unspecified atom stereocenters. The number of non-ortho nitro benzene ring substituents is 1. The van der Waals surface area contributed by atoms with Gasteiger partial charge in [-0.1, -0.05) is 0 Å². The maximum Gasteiger partial charge on any atom is 0.273 e. The van der Waals surface area contributed by atoms with E-state index in [9.17, 15) is 22.9 Å². The fourth-order valence-corrected chi connectivity index (χ4v) is 1.68. The van der Waals surface area contributed by atoms with Crippen LogP contribution in [0, 0.1) is 15.9 Å². The third-order valence-corrected chi connectivity index (χ3v) is 2.86. The van der Waals surface area contributed by atoms with Gasteiger partial charge in [-0.3, -0.25) is 10.1 Å². The highest BCUT2D eigenvalue weighted by molar-refractivity contribution is 7.89. The van der Waals surface area contributed by atoms with Crippen LogP contribution in [0.15, 0.2) is 23.4 Å². The number of H-pyrrole nitrogens is 1. The van der Waals surface area contributed by atoms with Crippen molar-refractivity contribution in [2.75, 3.05) is 0 Å². The molecule has 0 bridgehead atoms. The lowest BCUT2D eigenvalue weighted by molar-refractivity contribution is -0.385. The summed E-state index contributed by atoms with van der Waals surface area (Å²) >= 11 is 0. The normalized spacial score (nSPS) is 11.5. The maximum absolute atomic E-state index is 13.6. The summed E-state index contributed by atoms with van der Waals surface area (Å²) in [5, 5.41) is 20.1. The van der Waals surface area contributed by atoms with Crippen LogP contribution < -0.4 is 5.14 Å². The minimum atomic E-state index is -4.08. The number of nitrogens with one attached hydrogen (secondary N) is 1. The molecule has 19 heavy (non-hydrogen) atoms. The second kappa shape index (κ2) is 4.37. The van der Waals surface area contributed by atoms with Crippen LogP contribution in [0.25, 0.3) is 11.4 Å². The van der Waals surface area contributed by atoms with Gasteiger partial charge in [0.05, 0.1) is 16.6 Å². The number of nitrogens with two attached hydrogens (primary N) is 1. The number of nitro groups is 1. The largest absolute Gasteiger partial charge is 0.273 e. The molecular weight excluding hydrogens is 281 g/mol. The molecule has 0 spiro atoms. The van der Waals surface area contributed by atoms with E-state index in [1.165, 1.54) is 0 Å². The monoisotopic (exact) mass is 287 g/mol. The Morgan fingerprint density at radius 3 is 2.58 bits per heavy atom. The van der Waals surface area contributed by atoms with E-state index in [2.05, 4.69) is 10.1 Å². The number of hydrogen-bond acceptors (Lipinski definition) is 6. The average Bonchev–Trinajstić information content (AvgIpc) is 2.77. The first kappa shape index (κ1) is 13.0. The number of sulfonamides is 1. The van der Waals surface area contributed by atoms with Crippen LogP contribution in [0.4, 0.5) is 10.1 Å². The van der Waals surface area contributed by atoms with Gasteiger partial charge >= 0.3 is 0 Å². The van der Waals surface area contributed by atoms with Gasteiger partial charge in [-0.05, 0) is 6.07 Å². The summed E-state index contributed by atoms with van der Waals surface area (Å²) in [6.45, 7) is 0. The van der Waals surface area contributed by atoms with Crippen molar-refractivity contribution in [1.29, 1.82) is 0 Å². The van der Waals surface area contributed by atoms with E-state index in [1.807, 2.05) is 5.10 Å². The van der Waals surface area contributed by atoms with Gasteiger partial charge in [-0.15, -0.1) is 0 Å². The molecule has 1 aromatic heterocycles. The molecule has 1 heterocycles. The zero-order chi connectivity index (χ0) is 14.2. The number of halogens is 1. The van der Waals surface area contributed by atoms with Crippen LogP contribution in [0.5, 0.6) is 0 Å². The number of aromatic nitrogens is 3. The van der Waals surface area contributed by atoms with Crippen molar-refractivity contribution in [3.05, 3.63) is 34.1 Å². The Balaban J connectivity index is 2.48. The van der Waals surface area contributed by atoms with Gasteiger partial charge in [0.1, 0.15) is 5.82 Å². The molecule has 9 nitrogen and oxygen atoms in total. The van der Waals surface area contributed by atoms with Crippen molar-refractivity contribution in [3.63, 3.8) is 0 Å². The van der Waals surface area contributed by atoms with Crippen molar-refractivity contribution in [3.8, 4) is 11.4 Å². The summed E-state index contributed by atoms with van der Waals surface area (Å²) in [4.78, 5) is 13.2. The Morgan fingerprint density at radius 2 is 2.11 bits per heavy atom. The fraction of sp³-hybridized carbons (Fsp3) is 0. The van der Waals surface area contributed by atoms with Gasteiger partial charge in [0.15, 0.2) is 5.82 Å². The second-order valence-corrected chi connectivity index (χ2v) is 4.91. The molecule has 0 fully saturated rings. The van der Waals surface area contributed by atoms with Crippen LogP contribution in [0.1, 0.15) is 0 Å².